The number of amides is 1. The summed E-state index contributed by atoms with van der Waals surface area (Å²) in [4.78, 5) is 24.1. The number of fused-ring (bicyclic) bond motifs is 1. The van der Waals surface area contributed by atoms with Crippen LogP contribution in [0.2, 0.25) is 0 Å². The molecule has 1 aromatic heterocycles. The van der Waals surface area contributed by atoms with Crippen LogP contribution < -0.4 is 5.32 Å². The molecule has 0 aromatic carbocycles. The number of carbonyl (C=O) groups is 1. The number of rotatable bonds is 2. The van der Waals surface area contributed by atoms with Crippen molar-refractivity contribution in [1.82, 2.24) is 25.1 Å². The smallest absolute Gasteiger partial charge is 0.236 e. The van der Waals surface area contributed by atoms with Crippen LogP contribution in [-0.4, -0.2) is 64.9 Å². The van der Waals surface area contributed by atoms with Crippen molar-refractivity contribution in [3.63, 3.8) is 0 Å². The fourth-order valence-electron chi connectivity index (χ4n) is 2.83. The molecule has 0 radical (unpaired) electrons. The number of hydrogen-bond donors (Lipinski definition) is 2. The lowest BCUT2D eigenvalue weighted by molar-refractivity contribution is -0.133. The average Bonchev–Trinajstić information content (AvgIpc) is 2.79. The van der Waals surface area contributed by atoms with Gasteiger partial charge in [0.25, 0.3) is 0 Å². The summed E-state index contributed by atoms with van der Waals surface area (Å²) < 4.78 is 0. The van der Waals surface area contributed by atoms with Crippen LogP contribution in [0.15, 0.2) is 0 Å². The molecule has 0 spiro atoms. The van der Waals surface area contributed by atoms with E-state index in [1.54, 1.807) is 0 Å². The lowest BCUT2D eigenvalue weighted by Crippen LogP contribution is -2.50. The van der Waals surface area contributed by atoms with Crippen molar-refractivity contribution in [3.05, 3.63) is 17.2 Å². The van der Waals surface area contributed by atoms with Gasteiger partial charge >= 0.3 is 0 Å². The zero-order valence-electron chi connectivity index (χ0n) is 11.4. The molecule has 0 atom stereocenters. The molecule has 1 aromatic rings. The van der Waals surface area contributed by atoms with Gasteiger partial charge in [-0.05, 0) is 6.92 Å². The molecule has 0 aliphatic carbocycles. The fraction of sp³-hybridized carbons (Fsp3) is 0.692. The van der Waals surface area contributed by atoms with Crippen molar-refractivity contribution in [2.45, 2.75) is 19.9 Å². The standard InChI is InChI=1S/C13H21N5O/c1-10-15-11-2-5-17(8-12(11)16-10)9-13(19)18-6-3-14-4-7-18/h14H,2-9H2,1H3,(H,15,16). The van der Waals surface area contributed by atoms with E-state index in [9.17, 15) is 4.79 Å². The maximum atomic E-state index is 12.2. The molecule has 0 saturated carbocycles. The molecule has 1 fully saturated rings. The second kappa shape index (κ2) is 5.30. The maximum Gasteiger partial charge on any atom is 0.236 e. The Bertz CT molecular complexity index is 464. The van der Waals surface area contributed by atoms with Crippen molar-refractivity contribution in [2.75, 3.05) is 39.3 Å². The number of imidazole rings is 1. The van der Waals surface area contributed by atoms with E-state index in [0.717, 1.165) is 51.5 Å². The van der Waals surface area contributed by atoms with Crippen molar-refractivity contribution in [2.24, 2.45) is 0 Å². The lowest BCUT2D eigenvalue weighted by Gasteiger charge is -2.31. The first-order valence-electron chi connectivity index (χ1n) is 6.97. The molecule has 0 unspecified atom stereocenters. The number of hydrogen-bond acceptors (Lipinski definition) is 4. The summed E-state index contributed by atoms with van der Waals surface area (Å²) in [5.41, 5.74) is 2.35. The summed E-state index contributed by atoms with van der Waals surface area (Å²) >= 11 is 0. The second-order valence-corrected chi connectivity index (χ2v) is 5.34. The Morgan fingerprint density at radius 2 is 2.11 bits per heavy atom. The van der Waals surface area contributed by atoms with Gasteiger partial charge < -0.3 is 15.2 Å². The molecule has 0 bridgehead atoms. The molecule has 6 nitrogen and oxygen atoms in total. The summed E-state index contributed by atoms with van der Waals surface area (Å²) in [5, 5.41) is 3.27. The SMILES string of the molecule is Cc1nc2c([nH]1)CN(CC(=O)N1CCNCC1)CC2. The number of nitrogens with zero attached hydrogens (tertiary/aromatic N) is 3. The molecule has 3 heterocycles. The highest BCUT2D eigenvalue weighted by molar-refractivity contribution is 5.78. The molecule has 1 saturated heterocycles. The molecular formula is C13H21N5O. The van der Waals surface area contributed by atoms with Crippen LogP contribution in [-0.2, 0) is 17.8 Å². The first-order chi connectivity index (χ1) is 9.22. The van der Waals surface area contributed by atoms with E-state index in [4.69, 9.17) is 0 Å². The van der Waals surface area contributed by atoms with E-state index >= 15 is 0 Å². The highest BCUT2D eigenvalue weighted by Gasteiger charge is 2.23. The number of piperazine rings is 1. The van der Waals surface area contributed by atoms with Gasteiger partial charge in [0, 0.05) is 45.7 Å². The van der Waals surface area contributed by atoms with Crippen molar-refractivity contribution in [1.29, 1.82) is 0 Å². The fourth-order valence-corrected chi connectivity index (χ4v) is 2.83. The monoisotopic (exact) mass is 263 g/mol. The van der Waals surface area contributed by atoms with Crippen LogP contribution in [0.1, 0.15) is 17.2 Å². The van der Waals surface area contributed by atoms with Crippen LogP contribution >= 0.6 is 0 Å². The molecule has 19 heavy (non-hydrogen) atoms. The zero-order chi connectivity index (χ0) is 13.2. The molecule has 6 heteroatoms. The van der Waals surface area contributed by atoms with Crippen LogP contribution in [0.25, 0.3) is 0 Å². The van der Waals surface area contributed by atoms with E-state index in [-0.39, 0.29) is 5.91 Å². The first kappa shape index (κ1) is 12.6. The molecular weight excluding hydrogens is 242 g/mol. The van der Waals surface area contributed by atoms with Crippen molar-refractivity contribution in [3.8, 4) is 0 Å². The van der Waals surface area contributed by atoms with Crippen LogP contribution in [0.3, 0.4) is 0 Å². The topological polar surface area (TPSA) is 64.3 Å². The van der Waals surface area contributed by atoms with E-state index in [2.05, 4.69) is 20.2 Å². The molecule has 2 aliphatic rings. The molecule has 2 aliphatic heterocycles. The Hall–Kier alpha value is -1.40. The Balaban J connectivity index is 1.57. The van der Waals surface area contributed by atoms with Gasteiger partial charge in [-0.3, -0.25) is 9.69 Å². The summed E-state index contributed by atoms with van der Waals surface area (Å²) in [6, 6.07) is 0. The van der Waals surface area contributed by atoms with Gasteiger partial charge in [-0.1, -0.05) is 0 Å². The molecule has 104 valence electrons. The lowest BCUT2D eigenvalue weighted by atomic mass is 10.1. The summed E-state index contributed by atoms with van der Waals surface area (Å²) in [6.45, 7) is 7.74. The first-order valence-corrected chi connectivity index (χ1v) is 6.97. The van der Waals surface area contributed by atoms with Crippen LogP contribution in [0.5, 0.6) is 0 Å². The van der Waals surface area contributed by atoms with E-state index in [1.165, 1.54) is 11.4 Å². The number of aromatic amines is 1. The minimum Gasteiger partial charge on any atom is -0.345 e. The number of nitrogens with one attached hydrogen (secondary N) is 2. The van der Waals surface area contributed by atoms with Gasteiger partial charge in [0.2, 0.25) is 5.91 Å². The Morgan fingerprint density at radius 1 is 1.32 bits per heavy atom. The zero-order valence-corrected chi connectivity index (χ0v) is 11.4. The van der Waals surface area contributed by atoms with Crippen LogP contribution in [0, 0.1) is 6.92 Å². The third kappa shape index (κ3) is 2.79. The summed E-state index contributed by atoms with van der Waals surface area (Å²) in [5.74, 6) is 1.22. The van der Waals surface area contributed by atoms with Crippen molar-refractivity contribution >= 4 is 5.91 Å². The number of carbonyl (C=O) groups excluding carboxylic acids is 1. The molecule has 1 amide bonds. The van der Waals surface area contributed by atoms with Crippen LogP contribution in [0.4, 0.5) is 0 Å². The van der Waals surface area contributed by atoms with Gasteiger partial charge in [-0.15, -0.1) is 0 Å². The van der Waals surface area contributed by atoms with E-state index in [0.29, 0.717) is 6.54 Å². The predicted molar refractivity (Wildman–Crippen MR) is 71.8 cm³/mol. The van der Waals surface area contributed by atoms with Gasteiger partial charge in [0.15, 0.2) is 0 Å². The third-order valence-corrected chi connectivity index (χ3v) is 3.86. The second-order valence-electron chi connectivity index (χ2n) is 5.34. The molecule has 3 rings (SSSR count). The largest absolute Gasteiger partial charge is 0.345 e. The summed E-state index contributed by atoms with van der Waals surface area (Å²) in [6.07, 6.45) is 0.939. The summed E-state index contributed by atoms with van der Waals surface area (Å²) in [7, 11) is 0. The quantitative estimate of drug-likeness (QED) is 0.755. The maximum absolute atomic E-state index is 12.2. The van der Waals surface area contributed by atoms with Gasteiger partial charge in [0.1, 0.15) is 5.82 Å². The third-order valence-electron chi connectivity index (χ3n) is 3.86. The Morgan fingerprint density at radius 3 is 2.89 bits per heavy atom. The predicted octanol–water partition coefficient (Wildman–Crippen LogP) is -0.492. The van der Waals surface area contributed by atoms with E-state index < -0.39 is 0 Å². The Labute approximate surface area is 113 Å². The van der Waals surface area contributed by atoms with E-state index in [1.807, 2.05) is 11.8 Å². The van der Waals surface area contributed by atoms with Crippen molar-refractivity contribution < 1.29 is 4.79 Å². The Kier molecular flexibility index (Phi) is 3.52. The number of aryl methyl sites for hydroxylation is 1. The number of H-pyrrole nitrogens is 1. The minimum absolute atomic E-state index is 0.251. The highest BCUT2D eigenvalue weighted by Crippen LogP contribution is 2.16. The normalized spacial score (nSPS) is 20.4. The highest BCUT2D eigenvalue weighted by atomic mass is 16.2. The average molecular weight is 263 g/mol. The van der Waals surface area contributed by atoms with Gasteiger partial charge in [-0.25, -0.2) is 4.98 Å². The van der Waals surface area contributed by atoms with Gasteiger partial charge in [0.05, 0.1) is 17.9 Å². The van der Waals surface area contributed by atoms with Gasteiger partial charge in [-0.2, -0.15) is 0 Å². The molecule has 2 N–H and O–H groups in total. The minimum atomic E-state index is 0.251. The number of aromatic nitrogens is 2.